The number of hydrogen-bond acceptors (Lipinski definition) is 5. The van der Waals surface area contributed by atoms with E-state index in [4.69, 9.17) is 4.42 Å². The highest BCUT2D eigenvalue weighted by molar-refractivity contribution is 6.00. The van der Waals surface area contributed by atoms with Gasteiger partial charge in [0.05, 0.1) is 11.9 Å². The van der Waals surface area contributed by atoms with Gasteiger partial charge in [0.1, 0.15) is 12.0 Å². The van der Waals surface area contributed by atoms with Gasteiger partial charge in [-0.2, -0.15) is 0 Å². The molecule has 2 amide bonds. The smallest absolute Gasteiger partial charge is 0.270 e. The van der Waals surface area contributed by atoms with Crippen LogP contribution in [0.15, 0.2) is 22.9 Å². The number of piperidine rings is 1. The Hall–Kier alpha value is -2.41. The Morgan fingerprint density at radius 3 is 3.17 bits per heavy atom. The zero-order valence-electron chi connectivity index (χ0n) is 12.6. The molecule has 7 heteroatoms. The predicted octanol–water partition coefficient (Wildman–Crippen LogP) is 1.22. The Labute approximate surface area is 133 Å². The zero-order valence-corrected chi connectivity index (χ0v) is 12.6. The average molecular weight is 314 g/mol. The molecule has 2 aromatic heterocycles. The maximum atomic E-state index is 12.5. The fraction of sp³-hybridized carbons (Fsp3) is 0.438. The van der Waals surface area contributed by atoms with Gasteiger partial charge in [-0.25, -0.2) is 4.98 Å². The van der Waals surface area contributed by atoms with Gasteiger partial charge in [0.15, 0.2) is 5.58 Å². The number of amides is 2. The number of carbonyl (C=O) groups excluding carboxylic acids is 2. The van der Waals surface area contributed by atoms with Gasteiger partial charge in [-0.3, -0.25) is 9.59 Å². The normalized spacial score (nSPS) is 26.2. The summed E-state index contributed by atoms with van der Waals surface area (Å²) in [6, 6.07) is 1.83. The molecule has 2 N–H and O–H groups in total. The SMILES string of the molecule is O=CNc1coc2cnc(C(=O)NC3CC4CCN(C4)C3)cc12. The van der Waals surface area contributed by atoms with Crippen molar-refractivity contribution in [2.24, 2.45) is 5.92 Å². The third kappa shape index (κ3) is 2.68. The number of anilines is 1. The molecule has 23 heavy (non-hydrogen) atoms. The number of fused-ring (bicyclic) bond motifs is 3. The van der Waals surface area contributed by atoms with Crippen molar-refractivity contribution in [3.63, 3.8) is 0 Å². The number of nitrogens with zero attached hydrogens (tertiary/aromatic N) is 2. The van der Waals surface area contributed by atoms with Crippen LogP contribution in [0.25, 0.3) is 11.0 Å². The number of rotatable bonds is 4. The molecule has 3 unspecified atom stereocenters. The molecule has 2 aliphatic heterocycles. The maximum Gasteiger partial charge on any atom is 0.270 e. The van der Waals surface area contributed by atoms with Gasteiger partial charge in [-0.15, -0.1) is 0 Å². The van der Waals surface area contributed by atoms with E-state index in [9.17, 15) is 9.59 Å². The highest BCUT2D eigenvalue weighted by Gasteiger charge is 2.33. The second-order valence-corrected chi connectivity index (χ2v) is 6.30. The Morgan fingerprint density at radius 2 is 2.35 bits per heavy atom. The molecule has 7 nitrogen and oxygen atoms in total. The summed E-state index contributed by atoms with van der Waals surface area (Å²) >= 11 is 0. The maximum absolute atomic E-state index is 12.5. The Morgan fingerprint density at radius 1 is 1.43 bits per heavy atom. The van der Waals surface area contributed by atoms with E-state index in [2.05, 4.69) is 20.5 Å². The molecular formula is C16H18N4O3. The molecule has 0 radical (unpaired) electrons. The Bertz CT molecular complexity index is 745. The number of furan rings is 1. The molecule has 3 atom stereocenters. The van der Waals surface area contributed by atoms with Gasteiger partial charge in [-0.05, 0) is 31.4 Å². The van der Waals surface area contributed by atoms with Gasteiger partial charge >= 0.3 is 0 Å². The lowest BCUT2D eigenvalue weighted by atomic mass is 9.97. The molecule has 2 fully saturated rings. The van der Waals surface area contributed by atoms with Crippen LogP contribution in [0.3, 0.4) is 0 Å². The molecule has 2 saturated heterocycles. The highest BCUT2D eigenvalue weighted by atomic mass is 16.3. The van der Waals surface area contributed by atoms with Gasteiger partial charge in [0, 0.05) is 24.5 Å². The van der Waals surface area contributed by atoms with Gasteiger partial charge in [-0.1, -0.05) is 0 Å². The lowest BCUT2D eigenvalue weighted by Crippen LogP contribution is -2.47. The topological polar surface area (TPSA) is 87.5 Å². The number of pyridine rings is 1. The minimum absolute atomic E-state index is 0.179. The minimum Gasteiger partial charge on any atom is -0.460 e. The van der Waals surface area contributed by atoms with E-state index in [0.717, 1.165) is 26.1 Å². The molecule has 0 aliphatic carbocycles. The third-order valence-corrected chi connectivity index (χ3v) is 4.71. The van der Waals surface area contributed by atoms with Gasteiger partial charge in [0.2, 0.25) is 6.41 Å². The van der Waals surface area contributed by atoms with Crippen LogP contribution in [-0.4, -0.2) is 47.9 Å². The van der Waals surface area contributed by atoms with Crippen LogP contribution in [-0.2, 0) is 4.79 Å². The van der Waals surface area contributed by atoms with E-state index in [1.807, 2.05) is 0 Å². The van der Waals surface area contributed by atoms with Crippen molar-refractivity contribution in [1.82, 2.24) is 15.2 Å². The zero-order chi connectivity index (χ0) is 15.8. The van der Waals surface area contributed by atoms with E-state index in [1.54, 1.807) is 6.07 Å². The summed E-state index contributed by atoms with van der Waals surface area (Å²) < 4.78 is 5.30. The lowest BCUT2D eigenvalue weighted by molar-refractivity contribution is -0.105. The first-order chi connectivity index (χ1) is 11.2. The van der Waals surface area contributed by atoms with Crippen molar-refractivity contribution < 1.29 is 14.0 Å². The molecule has 0 aromatic carbocycles. The molecule has 4 heterocycles. The van der Waals surface area contributed by atoms with Gasteiger partial charge in [0.25, 0.3) is 5.91 Å². The molecule has 0 saturated carbocycles. The first kappa shape index (κ1) is 14.2. The van der Waals surface area contributed by atoms with Crippen LogP contribution >= 0.6 is 0 Å². The van der Waals surface area contributed by atoms with Crippen molar-refractivity contribution in [3.8, 4) is 0 Å². The van der Waals surface area contributed by atoms with Crippen molar-refractivity contribution in [2.45, 2.75) is 18.9 Å². The number of nitrogens with one attached hydrogen (secondary N) is 2. The second-order valence-electron chi connectivity index (χ2n) is 6.30. The van der Waals surface area contributed by atoms with Crippen molar-refractivity contribution in [1.29, 1.82) is 0 Å². The Balaban J connectivity index is 1.52. The summed E-state index contributed by atoms with van der Waals surface area (Å²) in [7, 11) is 0. The largest absolute Gasteiger partial charge is 0.460 e. The van der Waals surface area contributed by atoms with E-state index in [0.29, 0.717) is 34.7 Å². The average Bonchev–Trinajstić information content (AvgIpc) is 3.10. The third-order valence-electron chi connectivity index (χ3n) is 4.71. The quantitative estimate of drug-likeness (QED) is 0.829. The highest BCUT2D eigenvalue weighted by Crippen LogP contribution is 2.27. The lowest BCUT2D eigenvalue weighted by Gasteiger charge is -2.30. The van der Waals surface area contributed by atoms with Crippen LogP contribution in [0, 0.1) is 5.92 Å². The monoisotopic (exact) mass is 314 g/mol. The number of aromatic nitrogens is 1. The molecule has 4 rings (SSSR count). The van der Waals surface area contributed by atoms with E-state index >= 15 is 0 Å². The summed E-state index contributed by atoms with van der Waals surface area (Å²) in [5, 5.41) is 6.31. The second kappa shape index (κ2) is 5.66. The molecule has 2 aliphatic rings. The van der Waals surface area contributed by atoms with E-state index in [-0.39, 0.29) is 11.9 Å². The van der Waals surface area contributed by atoms with Crippen molar-refractivity contribution in [3.05, 3.63) is 24.2 Å². The van der Waals surface area contributed by atoms with Crippen LogP contribution in [0.2, 0.25) is 0 Å². The van der Waals surface area contributed by atoms with Crippen molar-refractivity contribution in [2.75, 3.05) is 25.0 Å². The summed E-state index contributed by atoms with van der Waals surface area (Å²) in [5.74, 6) is 0.513. The molecule has 2 bridgehead atoms. The molecule has 2 aromatic rings. The summed E-state index contributed by atoms with van der Waals surface area (Å²) in [6.07, 6.45) is 5.79. The molecule has 120 valence electrons. The van der Waals surface area contributed by atoms with E-state index in [1.165, 1.54) is 18.9 Å². The van der Waals surface area contributed by atoms with Crippen molar-refractivity contribution >= 4 is 29.0 Å². The van der Waals surface area contributed by atoms with Gasteiger partial charge < -0.3 is 20.0 Å². The fourth-order valence-corrected chi connectivity index (χ4v) is 3.66. The summed E-state index contributed by atoms with van der Waals surface area (Å²) in [5.41, 5.74) is 1.40. The van der Waals surface area contributed by atoms with Crippen LogP contribution in [0.1, 0.15) is 23.3 Å². The molecule has 0 spiro atoms. The minimum atomic E-state index is -0.183. The number of carbonyl (C=O) groups is 2. The Kier molecular flexibility index (Phi) is 3.49. The number of hydrogen-bond donors (Lipinski definition) is 2. The van der Waals surface area contributed by atoms with Crippen LogP contribution < -0.4 is 10.6 Å². The summed E-state index contributed by atoms with van der Waals surface area (Å²) in [6.45, 7) is 3.21. The molecular weight excluding hydrogens is 296 g/mol. The first-order valence-corrected chi connectivity index (χ1v) is 7.83. The predicted molar refractivity (Wildman–Crippen MR) is 84.1 cm³/mol. The standard InChI is InChI=1S/C16H18N4O3/c21-9-18-14-8-23-15-5-17-13(4-12(14)15)16(22)19-11-3-10-1-2-20(6-10)7-11/h4-5,8-11H,1-3,6-7H2,(H,18,21)(H,19,22). The fourth-order valence-electron chi connectivity index (χ4n) is 3.66. The van der Waals surface area contributed by atoms with E-state index < -0.39 is 0 Å². The first-order valence-electron chi connectivity index (χ1n) is 7.83. The van der Waals surface area contributed by atoms with Crippen LogP contribution in [0.4, 0.5) is 5.69 Å². The summed E-state index contributed by atoms with van der Waals surface area (Å²) in [4.78, 5) is 29.6. The van der Waals surface area contributed by atoms with Crippen LogP contribution in [0.5, 0.6) is 0 Å².